The first-order chi connectivity index (χ1) is 11.2. The number of nitrogens with one attached hydrogen (secondary N) is 1. The monoisotopic (exact) mass is 314 g/mol. The van der Waals surface area contributed by atoms with Gasteiger partial charge < -0.3 is 14.5 Å². The molecule has 1 aliphatic rings. The van der Waals surface area contributed by atoms with Crippen LogP contribution < -0.4 is 5.32 Å². The van der Waals surface area contributed by atoms with E-state index in [0.717, 1.165) is 37.1 Å². The number of hydrogen-bond donors (Lipinski definition) is 1. The minimum Gasteiger partial charge on any atom is -0.444 e. The van der Waals surface area contributed by atoms with Crippen LogP contribution >= 0.6 is 0 Å². The van der Waals surface area contributed by atoms with Gasteiger partial charge in [-0.2, -0.15) is 0 Å². The third kappa shape index (κ3) is 4.42. The molecule has 5 heteroatoms. The average Bonchev–Trinajstić information content (AvgIpc) is 3.23. The minimum atomic E-state index is 0.0281. The van der Waals surface area contributed by atoms with Crippen molar-refractivity contribution in [2.75, 3.05) is 6.61 Å². The predicted octanol–water partition coefficient (Wildman–Crippen LogP) is 3.23. The van der Waals surface area contributed by atoms with Crippen molar-refractivity contribution in [3.8, 4) is 11.5 Å². The van der Waals surface area contributed by atoms with Gasteiger partial charge in [0, 0.05) is 18.6 Å². The molecule has 1 saturated heterocycles. The van der Waals surface area contributed by atoms with Gasteiger partial charge >= 0.3 is 0 Å². The molecule has 5 nitrogen and oxygen atoms in total. The smallest absolute Gasteiger partial charge is 0.226 e. The molecule has 0 saturated carbocycles. The van der Waals surface area contributed by atoms with E-state index < -0.39 is 0 Å². The van der Waals surface area contributed by atoms with E-state index in [-0.39, 0.29) is 12.0 Å². The van der Waals surface area contributed by atoms with Crippen LogP contribution in [0.25, 0.3) is 11.5 Å². The number of aryl methyl sites for hydroxylation is 1. The molecule has 0 spiro atoms. The molecule has 1 aromatic heterocycles. The van der Waals surface area contributed by atoms with E-state index in [0.29, 0.717) is 18.9 Å². The number of benzene rings is 1. The van der Waals surface area contributed by atoms with E-state index in [1.807, 2.05) is 31.2 Å². The summed E-state index contributed by atoms with van der Waals surface area (Å²) in [4.78, 5) is 16.3. The Morgan fingerprint density at radius 3 is 2.91 bits per heavy atom. The van der Waals surface area contributed by atoms with E-state index in [1.54, 1.807) is 6.26 Å². The van der Waals surface area contributed by atoms with Crippen molar-refractivity contribution in [1.29, 1.82) is 0 Å². The summed E-state index contributed by atoms with van der Waals surface area (Å²) in [5.41, 5.74) is 2.86. The Labute approximate surface area is 136 Å². The first-order valence-corrected chi connectivity index (χ1v) is 8.10. The van der Waals surface area contributed by atoms with E-state index in [9.17, 15) is 4.79 Å². The zero-order valence-corrected chi connectivity index (χ0v) is 13.4. The van der Waals surface area contributed by atoms with Crippen LogP contribution in [0.4, 0.5) is 0 Å². The van der Waals surface area contributed by atoms with Crippen molar-refractivity contribution < 1.29 is 13.9 Å². The Morgan fingerprint density at radius 2 is 2.17 bits per heavy atom. The third-order valence-electron chi connectivity index (χ3n) is 4.03. The Hall–Kier alpha value is -2.14. The van der Waals surface area contributed by atoms with Gasteiger partial charge in [-0.25, -0.2) is 4.98 Å². The van der Waals surface area contributed by atoms with Crippen LogP contribution in [0, 0.1) is 6.92 Å². The molecule has 1 N–H and O–H groups in total. The number of ether oxygens (including phenoxy) is 1. The number of hydrogen-bond acceptors (Lipinski definition) is 4. The average molecular weight is 314 g/mol. The van der Waals surface area contributed by atoms with Gasteiger partial charge in [0.2, 0.25) is 11.8 Å². The topological polar surface area (TPSA) is 64.4 Å². The normalized spacial score (nSPS) is 17.3. The summed E-state index contributed by atoms with van der Waals surface area (Å²) in [5, 5.41) is 2.88. The van der Waals surface area contributed by atoms with Crippen LogP contribution in [0.5, 0.6) is 0 Å². The molecule has 1 aromatic carbocycles. The summed E-state index contributed by atoms with van der Waals surface area (Å²) in [6, 6.07) is 7.99. The molecule has 0 bridgehead atoms. The standard InChI is InChI=1S/C18H22N2O3/c1-13-4-6-14(7-5-13)18-20-15(12-23-18)11-19-17(21)9-8-16-3-2-10-22-16/h4-7,12,16H,2-3,8-11H2,1H3,(H,19,21)/t16-/m1/s1. The largest absolute Gasteiger partial charge is 0.444 e. The van der Waals surface area contributed by atoms with Gasteiger partial charge in [-0.3, -0.25) is 4.79 Å². The second-order valence-corrected chi connectivity index (χ2v) is 5.96. The highest BCUT2D eigenvalue weighted by atomic mass is 16.5. The first-order valence-electron chi connectivity index (χ1n) is 8.10. The molecule has 1 fully saturated rings. The van der Waals surface area contributed by atoms with Gasteiger partial charge in [0.25, 0.3) is 0 Å². The molecular weight excluding hydrogens is 292 g/mol. The quantitative estimate of drug-likeness (QED) is 0.889. The molecule has 0 radical (unpaired) electrons. The summed E-state index contributed by atoms with van der Waals surface area (Å²) < 4.78 is 11.0. The van der Waals surface area contributed by atoms with Crippen LogP contribution in [0.3, 0.4) is 0 Å². The predicted molar refractivity (Wildman–Crippen MR) is 86.7 cm³/mol. The van der Waals surface area contributed by atoms with Gasteiger partial charge in [0.15, 0.2) is 0 Å². The first kappa shape index (κ1) is 15.7. The van der Waals surface area contributed by atoms with Crippen molar-refractivity contribution in [2.24, 2.45) is 0 Å². The number of nitrogens with zero attached hydrogens (tertiary/aromatic N) is 1. The van der Waals surface area contributed by atoms with E-state index in [4.69, 9.17) is 9.15 Å². The Kier molecular flexibility index (Phi) is 5.08. The lowest BCUT2D eigenvalue weighted by molar-refractivity contribution is -0.121. The van der Waals surface area contributed by atoms with Crippen molar-refractivity contribution in [3.05, 3.63) is 41.8 Å². The van der Waals surface area contributed by atoms with Crippen molar-refractivity contribution in [1.82, 2.24) is 10.3 Å². The zero-order valence-electron chi connectivity index (χ0n) is 13.4. The molecule has 0 unspecified atom stereocenters. The molecule has 1 aliphatic heterocycles. The van der Waals surface area contributed by atoms with Gasteiger partial charge in [-0.15, -0.1) is 0 Å². The number of oxazole rings is 1. The van der Waals surface area contributed by atoms with Gasteiger partial charge in [-0.05, 0) is 38.3 Å². The maximum Gasteiger partial charge on any atom is 0.226 e. The highest BCUT2D eigenvalue weighted by molar-refractivity contribution is 5.75. The lowest BCUT2D eigenvalue weighted by Crippen LogP contribution is -2.24. The molecule has 1 atom stereocenters. The van der Waals surface area contributed by atoms with E-state index in [1.165, 1.54) is 5.56 Å². The second-order valence-electron chi connectivity index (χ2n) is 5.96. The molecule has 122 valence electrons. The van der Waals surface area contributed by atoms with Crippen LogP contribution in [-0.4, -0.2) is 23.6 Å². The lowest BCUT2D eigenvalue weighted by Gasteiger charge is -2.08. The van der Waals surface area contributed by atoms with E-state index in [2.05, 4.69) is 10.3 Å². The second kappa shape index (κ2) is 7.42. The zero-order chi connectivity index (χ0) is 16.1. The molecule has 0 aliphatic carbocycles. The van der Waals surface area contributed by atoms with Crippen molar-refractivity contribution in [3.63, 3.8) is 0 Å². The Balaban J connectivity index is 1.47. The van der Waals surface area contributed by atoms with Crippen LogP contribution in [0.1, 0.15) is 36.9 Å². The summed E-state index contributed by atoms with van der Waals surface area (Å²) >= 11 is 0. The molecule has 23 heavy (non-hydrogen) atoms. The number of rotatable bonds is 6. The van der Waals surface area contributed by atoms with Crippen LogP contribution in [0.15, 0.2) is 34.9 Å². The highest BCUT2D eigenvalue weighted by Crippen LogP contribution is 2.19. The number of amides is 1. The molecule has 3 rings (SSSR count). The maximum atomic E-state index is 11.9. The summed E-state index contributed by atoms with van der Waals surface area (Å²) in [5.74, 6) is 0.606. The Morgan fingerprint density at radius 1 is 1.35 bits per heavy atom. The SMILES string of the molecule is Cc1ccc(-c2nc(CNC(=O)CC[C@H]3CCCO3)co2)cc1. The summed E-state index contributed by atoms with van der Waals surface area (Å²) in [6.07, 6.45) is 5.30. The fourth-order valence-electron chi connectivity index (χ4n) is 2.66. The summed E-state index contributed by atoms with van der Waals surface area (Å²) in [7, 11) is 0. The van der Waals surface area contributed by atoms with Gasteiger partial charge in [-0.1, -0.05) is 17.7 Å². The van der Waals surface area contributed by atoms with Crippen molar-refractivity contribution in [2.45, 2.75) is 45.3 Å². The molecular formula is C18H22N2O3. The molecule has 2 heterocycles. The van der Waals surface area contributed by atoms with Gasteiger partial charge in [0.05, 0.1) is 18.3 Å². The summed E-state index contributed by atoms with van der Waals surface area (Å²) in [6.45, 7) is 3.25. The molecule has 2 aromatic rings. The number of carbonyl (C=O) groups excluding carboxylic acids is 1. The highest BCUT2D eigenvalue weighted by Gasteiger charge is 2.16. The minimum absolute atomic E-state index is 0.0281. The lowest BCUT2D eigenvalue weighted by atomic mass is 10.1. The van der Waals surface area contributed by atoms with Crippen LogP contribution in [0.2, 0.25) is 0 Å². The van der Waals surface area contributed by atoms with Gasteiger partial charge in [0.1, 0.15) is 6.26 Å². The fourth-order valence-corrected chi connectivity index (χ4v) is 2.66. The third-order valence-corrected chi connectivity index (χ3v) is 4.03. The number of aromatic nitrogens is 1. The maximum absolute atomic E-state index is 11.9. The van der Waals surface area contributed by atoms with E-state index >= 15 is 0 Å². The fraction of sp³-hybridized carbons (Fsp3) is 0.444. The van der Waals surface area contributed by atoms with Crippen molar-refractivity contribution >= 4 is 5.91 Å². The van der Waals surface area contributed by atoms with Crippen LogP contribution in [-0.2, 0) is 16.1 Å². The molecule has 1 amide bonds. The number of carbonyl (C=O) groups is 1. The Bertz CT molecular complexity index is 643.